The molecule has 0 amide bonds. The molecule has 1 N–H and O–H groups in total. The van der Waals surface area contributed by atoms with Gasteiger partial charge in [-0.2, -0.15) is 0 Å². The van der Waals surface area contributed by atoms with E-state index in [1.54, 1.807) is 13.0 Å². The maximum Gasteiger partial charge on any atom is 0.0282 e. The Balaban J connectivity index is 0. The number of nitrogens with one attached hydrogen (secondary N) is 1. The zero-order valence-electron chi connectivity index (χ0n) is 8.02. The Morgan fingerprint density at radius 2 is 1.82 bits per heavy atom. The number of rotatable bonds is 3. The van der Waals surface area contributed by atoms with E-state index in [1.807, 2.05) is 26.0 Å². The summed E-state index contributed by atoms with van der Waals surface area (Å²) in [7, 11) is 0. The molecule has 0 radical (unpaired) electrons. The molecule has 0 aliphatic carbocycles. The highest BCUT2D eigenvalue weighted by Crippen LogP contribution is 1.82. The molecule has 0 aliphatic heterocycles. The average molecular weight is 153 g/mol. The molecule has 0 aromatic carbocycles. The fourth-order valence-corrected chi connectivity index (χ4v) is 0.415. The summed E-state index contributed by atoms with van der Waals surface area (Å²) >= 11 is 0. The predicted octanol–water partition coefficient (Wildman–Crippen LogP) is 3.57. The van der Waals surface area contributed by atoms with Crippen molar-refractivity contribution in [3.05, 3.63) is 24.3 Å². The van der Waals surface area contributed by atoms with Gasteiger partial charge in [0.15, 0.2) is 0 Å². The Morgan fingerprint density at radius 1 is 1.27 bits per heavy atom. The van der Waals surface area contributed by atoms with Crippen molar-refractivity contribution in [3.63, 3.8) is 0 Å². The van der Waals surface area contributed by atoms with Crippen LogP contribution in [-0.2, 0) is 0 Å². The maximum absolute atomic E-state index is 7.01. The van der Waals surface area contributed by atoms with Crippen LogP contribution in [0.4, 0.5) is 0 Å². The summed E-state index contributed by atoms with van der Waals surface area (Å²) in [5, 5.41) is 7.01. The molecule has 0 bridgehead atoms. The highest BCUT2D eigenvalue weighted by atomic mass is 14.4. The monoisotopic (exact) mass is 153 g/mol. The van der Waals surface area contributed by atoms with Gasteiger partial charge in [-0.3, -0.25) is 0 Å². The summed E-state index contributed by atoms with van der Waals surface area (Å²) in [5.41, 5.74) is 0.593. The van der Waals surface area contributed by atoms with E-state index < -0.39 is 0 Å². The molecule has 0 aromatic rings. The summed E-state index contributed by atoms with van der Waals surface area (Å²) in [6.07, 6.45) is 8.72. The maximum atomic E-state index is 7.01. The first kappa shape index (κ1) is 12.8. The van der Waals surface area contributed by atoms with Gasteiger partial charge >= 0.3 is 0 Å². The lowest BCUT2D eigenvalue weighted by atomic mass is 10.3. The molecule has 0 aromatic heterocycles. The molecule has 1 nitrogen and oxygen atoms in total. The Bertz CT molecular complexity index is 132. The second-order valence-corrected chi connectivity index (χ2v) is 1.88. The number of hydrogen-bond acceptors (Lipinski definition) is 1. The Labute approximate surface area is 70.3 Å². The average Bonchev–Trinajstić information content (AvgIpc) is 2.02. The van der Waals surface area contributed by atoms with E-state index >= 15 is 0 Å². The molecule has 64 valence electrons. The molecule has 0 atom stereocenters. The third kappa shape index (κ3) is 17.6. The minimum atomic E-state index is 0.593. The van der Waals surface area contributed by atoms with E-state index in [1.165, 1.54) is 0 Å². The molecule has 0 unspecified atom stereocenters. The van der Waals surface area contributed by atoms with Crippen LogP contribution in [0.1, 0.15) is 34.1 Å². The topological polar surface area (TPSA) is 23.9 Å². The van der Waals surface area contributed by atoms with Crippen molar-refractivity contribution in [2.45, 2.75) is 34.1 Å². The van der Waals surface area contributed by atoms with Crippen molar-refractivity contribution in [3.8, 4) is 0 Å². The molecule has 1 heteroatoms. The largest absolute Gasteiger partial charge is 0.306 e. The lowest BCUT2D eigenvalue weighted by Gasteiger charge is -1.78. The van der Waals surface area contributed by atoms with Crippen LogP contribution in [0.2, 0.25) is 0 Å². The quantitative estimate of drug-likeness (QED) is 0.473. The van der Waals surface area contributed by atoms with E-state index in [9.17, 15) is 0 Å². The van der Waals surface area contributed by atoms with Crippen LogP contribution in [0, 0.1) is 5.41 Å². The molecule has 0 spiro atoms. The van der Waals surface area contributed by atoms with E-state index in [2.05, 4.69) is 13.0 Å². The molecule has 0 rings (SSSR count). The Hall–Kier alpha value is -0.850. The van der Waals surface area contributed by atoms with Crippen molar-refractivity contribution in [1.82, 2.24) is 0 Å². The van der Waals surface area contributed by atoms with Crippen LogP contribution >= 0.6 is 0 Å². The first-order chi connectivity index (χ1) is 5.27. The predicted molar refractivity (Wildman–Crippen MR) is 53.3 cm³/mol. The number of hydrogen-bond donors (Lipinski definition) is 1. The number of allylic oxidation sites excluding steroid dienone is 4. The van der Waals surface area contributed by atoms with Gasteiger partial charge in [-0.25, -0.2) is 0 Å². The summed E-state index contributed by atoms with van der Waals surface area (Å²) < 4.78 is 0. The van der Waals surface area contributed by atoms with Crippen molar-refractivity contribution in [2.24, 2.45) is 0 Å². The molecule has 0 saturated carbocycles. The summed E-state index contributed by atoms with van der Waals surface area (Å²) in [5.74, 6) is 0. The van der Waals surface area contributed by atoms with Gasteiger partial charge in [0.05, 0.1) is 0 Å². The van der Waals surface area contributed by atoms with Crippen LogP contribution in [-0.4, -0.2) is 5.71 Å². The van der Waals surface area contributed by atoms with Gasteiger partial charge < -0.3 is 5.41 Å². The van der Waals surface area contributed by atoms with Gasteiger partial charge in [-0.05, 0) is 19.4 Å². The molecule has 0 heterocycles. The van der Waals surface area contributed by atoms with Gasteiger partial charge in [0.25, 0.3) is 0 Å². The zero-order valence-corrected chi connectivity index (χ0v) is 8.02. The van der Waals surface area contributed by atoms with Crippen LogP contribution in [0.15, 0.2) is 24.3 Å². The van der Waals surface area contributed by atoms with Crippen LogP contribution in [0.5, 0.6) is 0 Å². The van der Waals surface area contributed by atoms with Crippen molar-refractivity contribution in [1.29, 1.82) is 5.41 Å². The lowest BCUT2D eigenvalue weighted by Crippen LogP contribution is -1.75. The van der Waals surface area contributed by atoms with E-state index in [0.717, 1.165) is 6.42 Å². The minimum absolute atomic E-state index is 0.593. The van der Waals surface area contributed by atoms with Crippen molar-refractivity contribution >= 4 is 5.71 Å². The van der Waals surface area contributed by atoms with Gasteiger partial charge in [-0.1, -0.05) is 39.0 Å². The van der Waals surface area contributed by atoms with E-state index in [0.29, 0.717) is 5.71 Å². The summed E-state index contributed by atoms with van der Waals surface area (Å²) in [6, 6.07) is 0. The standard InChI is InChI=1S/C8H13N.C2H6/c1-3-4-5-6-7-8(2)9;1-2/h4-7,9H,3H2,1-2H3;1-2H3/b5-4-,7-6-,9-8?;. The van der Waals surface area contributed by atoms with Crippen LogP contribution in [0.25, 0.3) is 0 Å². The molecular formula is C10H19N. The summed E-state index contributed by atoms with van der Waals surface area (Å²) in [4.78, 5) is 0. The smallest absolute Gasteiger partial charge is 0.0282 e. The zero-order chi connectivity index (χ0) is 9.11. The normalized spacial score (nSPS) is 9.82. The molecule has 0 fully saturated rings. The van der Waals surface area contributed by atoms with E-state index in [-0.39, 0.29) is 0 Å². The lowest BCUT2D eigenvalue weighted by molar-refractivity contribution is 1.22. The van der Waals surface area contributed by atoms with Gasteiger partial charge in [0, 0.05) is 5.71 Å². The second kappa shape index (κ2) is 11.9. The molecule has 0 saturated heterocycles. The third-order valence-electron chi connectivity index (χ3n) is 0.829. The highest BCUT2D eigenvalue weighted by Gasteiger charge is 1.70. The van der Waals surface area contributed by atoms with Crippen molar-refractivity contribution in [2.75, 3.05) is 0 Å². The Morgan fingerprint density at radius 3 is 2.18 bits per heavy atom. The first-order valence-electron chi connectivity index (χ1n) is 4.15. The first-order valence-corrected chi connectivity index (χ1v) is 4.15. The van der Waals surface area contributed by atoms with Gasteiger partial charge in [0.1, 0.15) is 0 Å². The minimum Gasteiger partial charge on any atom is -0.306 e. The fraction of sp³-hybridized carbons (Fsp3) is 0.500. The van der Waals surface area contributed by atoms with Crippen LogP contribution < -0.4 is 0 Å². The SMILES string of the molecule is CC.CC/C=C\C=C/C(C)=N. The second-order valence-electron chi connectivity index (χ2n) is 1.88. The fourth-order valence-electron chi connectivity index (χ4n) is 0.415. The van der Waals surface area contributed by atoms with Gasteiger partial charge in [0.2, 0.25) is 0 Å². The van der Waals surface area contributed by atoms with Crippen molar-refractivity contribution < 1.29 is 0 Å². The molecule has 0 aliphatic rings. The molecule has 11 heavy (non-hydrogen) atoms. The summed E-state index contributed by atoms with van der Waals surface area (Å²) in [6.45, 7) is 7.85. The molecular weight excluding hydrogens is 134 g/mol. The van der Waals surface area contributed by atoms with E-state index in [4.69, 9.17) is 5.41 Å². The van der Waals surface area contributed by atoms with Crippen LogP contribution in [0.3, 0.4) is 0 Å². The Kier molecular flexibility index (Phi) is 13.8. The third-order valence-corrected chi connectivity index (χ3v) is 0.829. The van der Waals surface area contributed by atoms with Gasteiger partial charge in [-0.15, -0.1) is 0 Å². The highest BCUT2D eigenvalue weighted by molar-refractivity contribution is 5.90.